The van der Waals surface area contributed by atoms with Crippen LogP contribution >= 0.6 is 0 Å². The molecule has 3 N–H and O–H groups in total. The Morgan fingerprint density at radius 1 is 0.923 bits per heavy atom. The third-order valence-electron chi connectivity index (χ3n) is 6.70. The van der Waals surface area contributed by atoms with Crippen molar-refractivity contribution >= 4 is 17.7 Å². The summed E-state index contributed by atoms with van der Waals surface area (Å²) < 4.78 is 27.7. The summed E-state index contributed by atoms with van der Waals surface area (Å²) >= 11 is 0. The molecule has 0 saturated carbocycles. The van der Waals surface area contributed by atoms with Gasteiger partial charge in [-0.05, 0) is 60.7 Å². The molecule has 204 valence electrons. The van der Waals surface area contributed by atoms with Gasteiger partial charge in [0.25, 0.3) is 11.8 Å². The van der Waals surface area contributed by atoms with Crippen LogP contribution in [0.2, 0.25) is 0 Å². The van der Waals surface area contributed by atoms with Crippen LogP contribution in [0.15, 0.2) is 60.7 Å². The number of hydrogen-bond donors (Lipinski definition) is 3. The van der Waals surface area contributed by atoms with E-state index >= 15 is 0 Å². The summed E-state index contributed by atoms with van der Waals surface area (Å²) in [6, 6.07) is 14.9. The normalized spacial score (nSPS) is 14.3. The summed E-state index contributed by atoms with van der Waals surface area (Å²) in [5, 5.41) is 16.8. The minimum atomic E-state index is -1.14. The molecule has 2 atom stereocenters. The number of aryl methyl sites for hydroxylation is 2. The van der Waals surface area contributed by atoms with Gasteiger partial charge in [0.15, 0.2) is 0 Å². The van der Waals surface area contributed by atoms with Gasteiger partial charge in [-0.1, -0.05) is 42.8 Å². The van der Waals surface area contributed by atoms with E-state index in [0.29, 0.717) is 6.54 Å². The summed E-state index contributed by atoms with van der Waals surface area (Å²) in [5.41, 5.74) is 3.70. The lowest BCUT2D eigenvalue weighted by Crippen LogP contribution is -2.51. The van der Waals surface area contributed by atoms with Crippen molar-refractivity contribution in [1.82, 2.24) is 15.5 Å². The summed E-state index contributed by atoms with van der Waals surface area (Å²) in [4.78, 5) is 39.4. The number of imide groups is 1. The van der Waals surface area contributed by atoms with Crippen LogP contribution < -0.4 is 10.6 Å². The van der Waals surface area contributed by atoms with Crippen LogP contribution in [-0.2, 0) is 24.2 Å². The lowest BCUT2D eigenvalue weighted by molar-refractivity contribution is -0.123. The maximum atomic E-state index is 13.8. The molecule has 3 amide bonds. The van der Waals surface area contributed by atoms with Gasteiger partial charge in [-0.25, -0.2) is 8.78 Å². The van der Waals surface area contributed by atoms with E-state index in [1.807, 2.05) is 18.2 Å². The first kappa shape index (κ1) is 28.1. The fourth-order valence-corrected chi connectivity index (χ4v) is 4.68. The number of nitrogens with one attached hydrogen (secondary N) is 2. The van der Waals surface area contributed by atoms with Crippen molar-refractivity contribution in [1.29, 1.82) is 0 Å². The van der Waals surface area contributed by atoms with Crippen molar-refractivity contribution in [3.05, 3.63) is 106 Å². The van der Waals surface area contributed by atoms with E-state index in [0.717, 1.165) is 40.6 Å². The molecule has 9 heteroatoms. The Kier molecular flexibility index (Phi) is 8.83. The second-order valence-electron chi connectivity index (χ2n) is 9.77. The molecular formula is C30H31F2N3O4. The minimum Gasteiger partial charge on any atom is -0.390 e. The van der Waals surface area contributed by atoms with Crippen LogP contribution in [-0.4, -0.2) is 53.0 Å². The first-order valence-corrected chi connectivity index (χ1v) is 12.8. The molecule has 0 spiro atoms. The average molecular weight is 536 g/mol. The van der Waals surface area contributed by atoms with Crippen molar-refractivity contribution in [3.63, 3.8) is 0 Å². The molecule has 0 radical (unpaired) electrons. The van der Waals surface area contributed by atoms with Gasteiger partial charge in [-0.3, -0.25) is 19.3 Å². The van der Waals surface area contributed by atoms with Crippen LogP contribution in [0.4, 0.5) is 8.78 Å². The maximum Gasteiger partial charge on any atom is 0.262 e. The molecule has 39 heavy (non-hydrogen) atoms. The molecule has 7 nitrogen and oxygen atoms in total. The predicted molar refractivity (Wildman–Crippen MR) is 142 cm³/mol. The number of rotatable bonds is 11. The first-order chi connectivity index (χ1) is 18.6. The molecule has 0 fully saturated rings. The summed E-state index contributed by atoms with van der Waals surface area (Å²) in [6.45, 7) is 3.84. The summed E-state index contributed by atoms with van der Waals surface area (Å²) in [6.07, 6.45) is -0.323. The highest BCUT2D eigenvalue weighted by atomic mass is 19.1. The maximum absolute atomic E-state index is 13.8. The topological polar surface area (TPSA) is 98.7 Å². The Morgan fingerprint density at radius 3 is 2.33 bits per heavy atom. The second-order valence-corrected chi connectivity index (χ2v) is 9.77. The van der Waals surface area contributed by atoms with Crippen LogP contribution in [0.3, 0.4) is 0 Å². The van der Waals surface area contributed by atoms with Gasteiger partial charge in [-0.2, -0.15) is 0 Å². The van der Waals surface area contributed by atoms with Crippen LogP contribution in [0, 0.1) is 18.6 Å². The molecule has 0 aliphatic carbocycles. The molecule has 0 bridgehead atoms. The summed E-state index contributed by atoms with van der Waals surface area (Å²) in [7, 11) is 0. The quantitative estimate of drug-likeness (QED) is 0.328. The number of carbonyl (C=O) groups is 3. The van der Waals surface area contributed by atoms with Crippen molar-refractivity contribution in [2.45, 2.75) is 45.4 Å². The highest BCUT2D eigenvalue weighted by Crippen LogP contribution is 2.23. The second kappa shape index (κ2) is 12.3. The fraction of sp³-hybridized carbons (Fsp3) is 0.300. The van der Waals surface area contributed by atoms with Gasteiger partial charge in [-0.15, -0.1) is 0 Å². The number of halogens is 2. The molecule has 1 aliphatic rings. The standard InChI is InChI=1S/C30H31F2N3O4/c1-3-19-5-4-6-20(10-19)15-33-16-27(36)26(13-21-11-22(31)14-23(32)12-21)34-28(37)17-35-29(38)24-8-7-18(2)9-25(24)30(35)39/h4-12,14,26-27,33,36H,3,13,15-17H2,1-2H3,(H,34,37)/t26-,27-/m0/s1. The Hall–Kier alpha value is -3.95. The van der Waals surface area contributed by atoms with E-state index in [1.54, 1.807) is 25.1 Å². The molecule has 0 aromatic heterocycles. The SMILES string of the molecule is CCc1cccc(CNC[C@H](O)[C@H](Cc2cc(F)cc(F)c2)NC(=O)CN2C(=O)c3ccc(C)cc3C2=O)c1. The van der Waals surface area contributed by atoms with Crippen LogP contribution in [0.1, 0.15) is 49.9 Å². The number of aliphatic hydroxyl groups excluding tert-OH is 1. The fourth-order valence-electron chi connectivity index (χ4n) is 4.68. The predicted octanol–water partition coefficient (Wildman–Crippen LogP) is 3.31. The molecule has 4 rings (SSSR count). The van der Waals surface area contributed by atoms with E-state index < -0.39 is 48.0 Å². The van der Waals surface area contributed by atoms with E-state index in [9.17, 15) is 28.3 Å². The number of hydrogen-bond acceptors (Lipinski definition) is 5. The van der Waals surface area contributed by atoms with Crippen LogP contribution in [0.5, 0.6) is 0 Å². The van der Waals surface area contributed by atoms with Crippen molar-refractivity contribution in [2.24, 2.45) is 0 Å². The van der Waals surface area contributed by atoms with E-state index in [4.69, 9.17) is 0 Å². The van der Waals surface area contributed by atoms with E-state index in [1.165, 1.54) is 5.56 Å². The van der Waals surface area contributed by atoms with Gasteiger partial charge in [0.1, 0.15) is 18.2 Å². The molecule has 0 saturated heterocycles. The van der Waals surface area contributed by atoms with E-state index in [2.05, 4.69) is 23.6 Å². The highest BCUT2D eigenvalue weighted by molar-refractivity contribution is 6.22. The Morgan fingerprint density at radius 2 is 1.62 bits per heavy atom. The van der Waals surface area contributed by atoms with Crippen molar-refractivity contribution < 1.29 is 28.3 Å². The van der Waals surface area contributed by atoms with Gasteiger partial charge in [0, 0.05) is 19.2 Å². The lowest BCUT2D eigenvalue weighted by atomic mass is 10.0. The molecule has 3 aromatic rings. The zero-order valence-corrected chi connectivity index (χ0v) is 21.8. The number of benzene rings is 3. The third-order valence-corrected chi connectivity index (χ3v) is 6.70. The van der Waals surface area contributed by atoms with Crippen LogP contribution in [0.25, 0.3) is 0 Å². The number of fused-ring (bicyclic) bond motifs is 1. The number of aliphatic hydroxyl groups is 1. The number of nitrogens with zero attached hydrogens (tertiary/aromatic N) is 1. The zero-order valence-electron chi connectivity index (χ0n) is 21.8. The number of amides is 3. The molecule has 0 unspecified atom stereocenters. The zero-order chi connectivity index (χ0) is 28.1. The minimum absolute atomic E-state index is 0.0735. The Bertz CT molecular complexity index is 1370. The van der Waals surface area contributed by atoms with Crippen molar-refractivity contribution in [3.8, 4) is 0 Å². The summed E-state index contributed by atoms with van der Waals surface area (Å²) in [5.74, 6) is -3.39. The van der Waals surface area contributed by atoms with Gasteiger partial charge >= 0.3 is 0 Å². The van der Waals surface area contributed by atoms with Crippen molar-refractivity contribution in [2.75, 3.05) is 13.1 Å². The van der Waals surface area contributed by atoms with E-state index in [-0.39, 0.29) is 29.7 Å². The Balaban J connectivity index is 1.44. The third kappa shape index (κ3) is 6.93. The Labute approximate surface area is 225 Å². The molecule has 1 aliphatic heterocycles. The first-order valence-electron chi connectivity index (χ1n) is 12.8. The number of carbonyl (C=O) groups excluding carboxylic acids is 3. The van der Waals surface area contributed by atoms with Gasteiger partial charge in [0.05, 0.1) is 23.3 Å². The lowest BCUT2D eigenvalue weighted by Gasteiger charge is -2.26. The monoisotopic (exact) mass is 535 g/mol. The molecule has 1 heterocycles. The van der Waals surface area contributed by atoms with Gasteiger partial charge < -0.3 is 15.7 Å². The molecular weight excluding hydrogens is 504 g/mol. The molecule has 3 aromatic carbocycles. The van der Waals surface area contributed by atoms with Gasteiger partial charge in [0.2, 0.25) is 5.91 Å². The largest absolute Gasteiger partial charge is 0.390 e. The smallest absolute Gasteiger partial charge is 0.262 e. The highest BCUT2D eigenvalue weighted by Gasteiger charge is 2.37. The average Bonchev–Trinajstić information content (AvgIpc) is 3.11.